The van der Waals surface area contributed by atoms with Crippen molar-refractivity contribution in [1.29, 1.82) is 0 Å². The van der Waals surface area contributed by atoms with Crippen LogP contribution in [0.4, 0.5) is 10.1 Å². The summed E-state index contributed by atoms with van der Waals surface area (Å²) in [4.78, 5) is 17.8. The van der Waals surface area contributed by atoms with Gasteiger partial charge in [0.25, 0.3) is 0 Å². The van der Waals surface area contributed by atoms with E-state index in [1.807, 2.05) is 37.4 Å². The van der Waals surface area contributed by atoms with Gasteiger partial charge in [-0.05, 0) is 31.4 Å². The number of piperidine rings is 1. The highest BCUT2D eigenvalue weighted by Crippen LogP contribution is 2.33. The number of benzene rings is 2. The van der Waals surface area contributed by atoms with Crippen LogP contribution >= 0.6 is 0 Å². The number of aromatic nitrogens is 2. The summed E-state index contributed by atoms with van der Waals surface area (Å²) in [6.07, 6.45) is 3.65. The number of nitrogens with two attached hydrogens (primary N) is 1. The van der Waals surface area contributed by atoms with Gasteiger partial charge in [0, 0.05) is 36.5 Å². The Morgan fingerprint density at radius 1 is 1.26 bits per heavy atom. The molecule has 1 aliphatic heterocycles. The summed E-state index contributed by atoms with van der Waals surface area (Å²) >= 11 is 0. The van der Waals surface area contributed by atoms with Gasteiger partial charge in [-0.25, -0.2) is 9.24 Å². The molecule has 0 aliphatic carbocycles. The normalized spacial score (nSPS) is 16.2. The Morgan fingerprint density at radius 2 is 2.00 bits per heavy atom. The fourth-order valence-electron chi connectivity index (χ4n) is 3.88. The zero-order valence-electron chi connectivity index (χ0n) is 17.4. The van der Waals surface area contributed by atoms with Crippen LogP contribution in [0, 0.1) is 19.3 Å². The summed E-state index contributed by atoms with van der Waals surface area (Å²) in [5.41, 5.74) is 9.97. The molecule has 0 unspecified atom stereocenters. The summed E-state index contributed by atoms with van der Waals surface area (Å²) < 4.78 is 15.9. The molecule has 1 aliphatic rings. The lowest BCUT2D eigenvalue weighted by Crippen LogP contribution is -2.46. The third-order valence-corrected chi connectivity index (χ3v) is 5.57. The zero-order chi connectivity index (χ0) is 22.0. The molecule has 3 aromatic rings. The van der Waals surface area contributed by atoms with Crippen LogP contribution in [0.25, 0.3) is 27.2 Å². The fourth-order valence-corrected chi connectivity index (χ4v) is 3.88. The van der Waals surface area contributed by atoms with Crippen molar-refractivity contribution in [1.82, 2.24) is 14.7 Å². The van der Waals surface area contributed by atoms with Crippen molar-refractivity contribution in [3.63, 3.8) is 0 Å². The van der Waals surface area contributed by atoms with Gasteiger partial charge in [-0.2, -0.15) is 5.10 Å². The molecule has 7 heteroatoms. The molecule has 0 radical (unpaired) electrons. The number of rotatable bonds is 4. The van der Waals surface area contributed by atoms with Crippen molar-refractivity contribution in [2.75, 3.05) is 13.1 Å². The lowest BCUT2D eigenvalue weighted by molar-refractivity contribution is -0.133. The van der Waals surface area contributed by atoms with E-state index in [-0.39, 0.29) is 24.2 Å². The third-order valence-electron chi connectivity index (χ3n) is 5.57. The Morgan fingerprint density at radius 3 is 2.68 bits per heavy atom. The molecule has 0 bridgehead atoms. The summed E-state index contributed by atoms with van der Waals surface area (Å²) in [6, 6.07) is 12.4. The first-order valence-electron chi connectivity index (χ1n) is 10.3. The van der Waals surface area contributed by atoms with Crippen molar-refractivity contribution >= 4 is 11.6 Å². The summed E-state index contributed by atoms with van der Waals surface area (Å²) in [5, 5.41) is 4.62. The van der Waals surface area contributed by atoms with Crippen LogP contribution in [-0.4, -0.2) is 39.7 Å². The van der Waals surface area contributed by atoms with Crippen LogP contribution in [0.3, 0.4) is 0 Å². The van der Waals surface area contributed by atoms with E-state index in [2.05, 4.69) is 9.94 Å². The number of hydrogen-bond donors (Lipinski definition) is 1. The van der Waals surface area contributed by atoms with Gasteiger partial charge in [-0.3, -0.25) is 9.48 Å². The molecule has 1 amide bonds. The maximum atomic E-state index is 14.3. The van der Waals surface area contributed by atoms with Gasteiger partial charge >= 0.3 is 0 Å². The fraction of sp³-hybridized carbons (Fsp3) is 0.292. The lowest BCUT2D eigenvalue weighted by Gasteiger charge is -2.30. The smallest absolute Gasteiger partial charge is 0.244 e. The first-order chi connectivity index (χ1) is 14.9. The molecule has 0 spiro atoms. The number of amides is 1. The first-order valence-corrected chi connectivity index (χ1v) is 10.3. The Balaban J connectivity index is 1.70. The van der Waals surface area contributed by atoms with Crippen LogP contribution in [0.5, 0.6) is 0 Å². The molecule has 4 rings (SSSR count). The first kappa shape index (κ1) is 20.8. The molecular weight excluding hydrogens is 393 g/mol. The van der Waals surface area contributed by atoms with E-state index in [0.29, 0.717) is 24.3 Å². The minimum absolute atomic E-state index is 0.0120. The largest absolute Gasteiger partial charge is 0.340 e. The van der Waals surface area contributed by atoms with Crippen LogP contribution in [0.2, 0.25) is 0 Å². The highest BCUT2D eigenvalue weighted by Gasteiger charge is 2.23. The Hall–Kier alpha value is -3.50. The maximum Gasteiger partial charge on any atom is 0.244 e. The van der Waals surface area contributed by atoms with Crippen LogP contribution < -0.4 is 5.73 Å². The van der Waals surface area contributed by atoms with E-state index >= 15 is 0 Å². The van der Waals surface area contributed by atoms with Crippen molar-refractivity contribution in [2.45, 2.75) is 32.4 Å². The van der Waals surface area contributed by atoms with Gasteiger partial charge in [0.05, 0.1) is 6.57 Å². The highest BCUT2D eigenvalue weighted by atomic mass is 19.1. The quantitative estimate of drug-likeness (QED) is 0.648. The zero-order valence-corrected chi connectivity index (χ0v) is 17.4. The summed E-state index contributed by atoms with van der Waals surface area (Å²) in [5.74, 6) is -0.621. The van der Waals surface area contributed by atoms with E-state index in [9.17, 15) is 9.18 Å². The van der Waals surface area contributed by atoms with E-state index < -0.39 is 5.82 Å². The van der Waals surface area contributed by atoms with E-state index in [1.165, 1.54) is 12.1 Å². The number of carbonyl (C=O) groups is 1. The third kappa shape index (κ3) is 4.49. The number of hydrogen-bond acceptors (Lipinski definition) is 3. The molecule has 2 aromatic carbocycles. The molecule has 1 atom stereocenters. The second kappa shape index (κ2) is 8.70. The SMILES string of the molecule is [C-]#[N+]c1ccc(-c2nn(CC(=O)N3CCC[C@@H](N)C3)cc2-c2ccc(C)cc2)cc1F. The van der Waals surface area contributed by atoms with E-state index in [0.717, 1.165) is 29.5 Å². The van der Waals surface area contributed by atoms with Gasteiger partial charge in [0.15, 0.2) is 0 Å². The molecule has 2 N–H and O–H groups in total. The van der Waals surface area contributed by atoms with Crippen molar-refractivity contribution in [3.8, 4) is 22.4 Å². The van der Waals surface area contributed by atoms with Gasteiger partial charge in [-0.1, -0.05) is 42.0 Å². The molecule has 1 aromatic heterocycles. The van der Waals surface area contributed by atoms with E-state index in [1.54, 1.807) is 15.6 Å². The average Bonchev–Trinajstić information content (AvgIpc) is 3.18. The molecule has 1 fully saturated rings. The maximum absolute atomic E-state index is 14.3. The van der Waals surface area contributed by atoms with E-state index in [4.69, 9.17) is 12.3 Å². The van der Waals surface area contributed by atoms with Gasteiger partial charge in [0.2, 0.25) is 11.6 Å². The monoisotopic (exact) mass is 417 g/mol. The predicted molar refractivity (Wildman–Crippen MR) is 118 cm³/mol. The van der Waals surface area contributed by atoms with Crippen LogP contribution in [0.15, 0.2) is 48.7 Å². The number of carbonyl (C=O) groups excluding carboxylic acids is 1. The number of nitrogens with zero attached hydrogens (tertiary/aromatic N) is 4. The molecular formula is C24H24FN5O. The van der Waals surface area contributed by atoms with Gasteiger partial charge in [0.1, 0.15) is 18.1 Å². The van der Waals surface area contributed by atoms with Crippen LogP contribution in [0.1, 0.15) is 18.4 Å². The highest BCUT2D eigenvalue weighted by molar-refractivity contribution is 5.82. The number of aryl methyl sites for hydroxylation is 1. The molecule has 0 saturated carbocycles. The predicted octanol–water partition coefficient (Wildman–Crippen LogP) is 4.17. The van der Waals surface area contributed by atoms with Crippen molar-refractivity contribution < 1.29 is 9.18 Å². The Labute approximate surface area is 180 Å². The topological polar surface area (TPSA) is 68.5 Å². The molecule has 158 valence electrons. The number of halogens is 1. The lowest BCUT2D eigenvalue weighted by atomic mass is 10.0. The number of likely N-dealkylation sites (tertiary alicyclic amines) is 1. The minimum Gasteiger partial charge on any atom is -0.340 e. The summed E-state index contributed by atoms with van der Waals surface area (Å²) in [7, 11) is 0. The molecule has 2 heterocycles. The average molecular weight is 417 g/mol. The van der Waals surface area contributed by atoms with Gasteiger partial charge < -0.3 is 10.6 Å². The standard InChI is InChI=1S/C24H24FN5O/c1-16-5-7-17(8-6-16)20-14-30(15-23(31)29-11-3-4-19(26)13-29)28-24(20)18-9-10-22(27-2)21(25)12-18/h5-10,12,14,19H,3-4,11,13,15,26H2,1H3/t19-/m1/s1. The second-order valence-corrected chi connectivity index (χ2v) is 7.98. The molecule has 1 saturated heterocycles. The van der Waals surface area contributed by atoms with Crippen LogP contribution in [-0.2, 0) is 11.3 Å². The second-order valence-electron chi connectivity index (χ2n) is 7.98. The Kier molecular flexibility index (Phi) is 5.83. The molecule has 6 nitrogen and oxygen atoms in total. The van der Waals surface area contributed by atoms with Gasteiger partial charge in [-0.15, -0.1) is 0 Å². The Bertz CT molecular complexity index is 1150. The van der Waals surface area contributed by atoms with Crippen molar-refractivity contribution in [2.24, 2.45) is 5.73 Å². The minimum atomic E-state index is -0.588. The van der Waals surface area contributed by atoms with Crippen molar-refractivity contribution in [3.05, 3.63) is 71.5 Å². The molecule has 31 heavy (non-hydrogen) atoms. The summed E-state index contributed by atoms with van der Waals surface area (Å²) in [6.45, 7) is 10.4.